The van der Waals surface area contributed by atoms with Gasteiger partial charge in [0.2, 0.25) is 0 Å². The van der Waals surface area contributed by atoms with Gasteiger partial charge < -0.3 is 15.4 Å². The second kappa shape index (κ2) is 8.44. The predicted octanol–water partition coefficient (Wildman–Crippen LogP) is 4.13. The van der Waals surface area contributed by atoms with Crippen LogP contribution in [-0.2, 0) is 4.74 Å². The van der Waals surface area contributed by atoms with E-state index in [1.807, 2.05) is 24.3 Å². The van der Waals surface area contributed by atoms with E-state index in [9.17, 15) is 4.79 Å². The molecular formula is C17H26N2O2S. The summed E-state index contributed by atoms with van der Waals surface area (Å²) in [5.41, 5.74) is 0.989. The van der Waals surface area contributed by atoms with Gasteiger partial charge in [0.1, 0.15) is 0 Å². The molecule has 2 N–H and O–H groups in total. The molecule has 0 spiro atoms. The maximum Gasteiger partial charge on any atom is 0.319 e. The van der Waals surface area contributed by atoms with Gasteiger partial charge in [-0.05, 0) is 30.7 Å². The smallest absolute Gasteiger partial charge is 0.319 e. The third-order valence-corrected chi connectivity index (χ3v) is 5.13. The molecule has 122 valence electrons. The van der Waals surface area contributed by atoms with Crippen LogP contribution in [0.2, 0.25) is 0 Å². The lowest BCUT2D eigenvalue weighted by Gasteiger charge is -2.28. The van der Waals surface area contributed by atoms with E-state index in [1.54, 1.807) is 18.9 Å². The first-order valence-electron chi connectivity index (χ1n) is 7.95. The van der Waals surface area contributed by atoms with Crippen LogP contribution in [0.5, 0.6) is 0 Å². The number of hydrogen-bond donors (Lipinski definition) is 2. The van der Waals surface area contributed by atoms with E-state index in [-0.39, 0.29) is 11.4 Å². The summed E-state index contributed by atoms with van der Waals surface area (Å²) in [5.74, 6) is 0.983. The Labute approximate surface area is 137 Å². The number of carbonyl (C=O) groups excluding carboxylic acids is 1. The monoisotopic (exact) mass is 322 g/mol. The van der Waals surface area contributed by atoms with Crippen molar-refractivity contribution in [1.82, 2.24) is 5.32 Å². The fourth-order valence-corrected chi connectivity index (χ4v) is 3.85. The normalized spacial score (nSPS) is 16.5. The second-order valence-electron chi connectivity index (χ2n) is 5.88. The Kier molecular flexibility index (Phi) is 6.58. The fraction of sp³-hybridized carbons (Fsp3) is 0.588. The minimum atomic E-state index is -0.133. The van der Waals surface area contributed by atoms with Crippen LogP contribution in [0.1, 0.15) is 32.6 Å². The van der Waals surface area contributed by atoms with Crippen LogP contribution in [0.3, 0.4) is 0 Å². The highest BCUT2D eigenvalue weighted by atomic mass is 32.2. The topological polar surface area (TPSA) is 50.4 Å². The number of thioether (sulfide) groups is 1. The quantitative estimate of drug-likeness (QED) is 0.742. The molecule has 1 fully saturated rings. The Morgan fingerprint density at radius 1 is 1.32 bits per heavy atom. The SMILES string of the molecule is CCSc1ccccc1NC(=O)NCC1(COC)CCCC1. The first-order valence-corrected chi connectivity index (χ1v) is 8.93. The van der Waals surface area contributed by atoms with Crippen molar-refractivity contribution in [3.63, 3.8) is 0 Å². The molecule has 22 heavy (non-hydrogen) atoms. The highest BCUT2D eigenvalue weighted by Gasteiger charge is 2.34. The summed E-state index contributed by atoms with van der Waals surface area (Å²) < 4.78 is 5.36. The molecule has 0 radical (unpaired) electrons. The van der Waals surface area contributed by atoms with E-state index in [4.69, 9.17) is 4.74 Å². The van der Waals surface area contributed by atoms with E-state index in [1.165, 1.54) is 12.8 Å². The fourth-order valence-electron chi connectivity index (χ4n) is 3.09. The van der Waals surface area contributed by atoms with Crippen molar-refractivity contribution in [2.24, 2.45) is 5.41 Å². The molecular weight excluding hydrogens is 296 g/mol. The number of carbonyl (C=O) groups is 1. The first kappa shape index (κ1) is 17.2. The van der Waals surface area contributed by atoms with Gasteiger partial charge in [-0.2, -0.15) is 0 Å². The zero-order valence-corrected chi connectivity index (χ0v) is 14.3. The van der Waals surface area contributed by atoms with E-state index >= 15 is 0 Å². The van der Waals surface area contributed by atoms with Crippen LogP contribution in [0, 0.1) is 5.41 Å². The Balaban J connectivity index is 1.90. The minimum absolute atomic E-state index is 0.115. The lowest BCUT2D eigenvalue weighted by molar-refractivity contribution is 0.0847. The van der Waals surface area contributed by atoms with Gasteiger partial charge in [0, 0.05) is 24.0 Å². The molecule has 0 aliphatic heterocycles. The third-order valence-electron chi connectivity index (χ3n) is 4.17. The number of amides is 2. The highest BCUT2D eigenvalue weighted by molar-refractivity contribution is 7.99. The largest absolute Gasteiger partial charge is 0.384 e. The van der Waals surface area contributed by atoms with Gasteiger partial charge in [0.25, 0.3) is 0 Å². The Morgan fingerprint density at radius 2 is 2.05 bits per heavy atom. The molecule has 0 unspecified atom stereocenters. The molecule has 5 heteroatoms. The van der Waals surface area contributed by atoms with E-state index in [2.05, 4.69) is 17.6 Å². The summed E-state index contributed by atoms with van der Waals surface area (Å²) in [7, 11) is 1.73. The number of para-hydroxylation sites is 1. The summed E-state index contributed by atoms with van der Waals surface area (Å²) in [6, 6.07) is 7.78. The summed E-state index contributed by atoms with van der Waals surface area (Å²) in [4.78, 5) is 13.3. The lowest BCUT2D eigenvalue weighted by atomic mass is 9.87. The Morgan fingerprint density at radius 3 is 2.73 bits per heavy atom. The van der Waals surface area contributed by atoms with E-state index in [0.29, 0.717) is 6.54 Å². The van der Waals surface area contributed by atoms with Gasteiger partial charge in [0.05, 0.1) is 12.3 Å². The number of urea groups is 1. The van der Waals surface area contributed by atoms with Crippen LogP contribution in [-0.4, -0.2) is 32.0 Å². The Hall–Kier alpha value is -1.20. The van der Waals surface area contributed by atoms with Gasteiger partial charge in [0.15, 0.2) is 0 Å². The maximum atomic E-state index is 12.2. The predicted molar refractivity (Wildman–Crippen MR) is 92.6 cm³/mol. The minimum Gasteiger partial charge on any atom is -0.384 e. The zero-order valence-electron chi connectivity index (χ0n) is 13.5. The van der Waals surface area contributed by atoms with Crippen molar-refractivity contribution in [3.05, 3.63) is 24.3 Å². The second-order valence-corrected chi connectivity index (χ2v) is 7.18. The molecule has 2 rings (SSSR count). The number of hydrogen-bond acceptors (Lipinski definition) is 3. The number of methoxy groups -OCH3 is 1. The lowest BCUT2D eigenvalue weighted by Crippen LogP contribution is -2.40. The molecule has 0 atom stereocenters. The standard InChI is InChI=1S/C17H26N2O2S/c1-3-22-15-9-5-4-8-14(15)19-16(20)18-12-17(13-21-2)10-6-7-11-17/h4-5,8-9H,3,6-7,10-13H2,1-2H3,(H2,18,19,20). The summed E-state index contributed by atoms with van der Waals surface area (Å²) in [5, 5.41) is 6.00. The van der Waals surface area contributed by atoms with Crippen molar-refractivity contribution in [2.75, 3.05) is 31.3 Å². The molecule has 0 saturated heterocycles. The molecule has 0 heterocycles. The van der Waals surface area contributed by atoms with Gasteiger partial charge in [-0.15, -0.1) is 11.8 Å². The van der Waals surface area contributed by atoms with Crippen LogP contribution < -0.4 is 10.6 Å². The molecule has 1 aromatic carbocycles. The average molecular weight is 322 g/mol. The number of rotatable bonds is 7. The van der Waals surface area contributed by atoms with E-state index in [0.717, 1.165) is 35.8 Å². The van der Waals surface area contributed by atoms with Crippen molar-refractivity contribution >= 4 is 23.5 Å². The highest BCUT2D eigenvalue weighted by Crippen LogP contribution is 2.37. The summed E-state index contributed by atoms with van der Waals surface area (Å²) in [6.45, 7) is 3.50. The molecule has 1 saturated carbocycles. The van der Waals surface area contributed by atoms with Crippen molar-refractivity contribution in [3.8, 4) is 0 Å². The number of anilines is 1. The third kappa shape index (κ3) is 4.65. The van der Waals surface area contributed by atoms with Gasteiger partial charge in [-0.1, -0.05) is 31.9 Å². The van der Waals surface area contributed by atoms with Crippen LogP contribution in [0.25, 0.3) is 0 Å². The molecule has 1 aliphatic rings. The van der Waals surface area contributed by atoms with Crippen molar-refractivity contribution in [2.45, 2.75) is 37.5 Å². The van der Waals surface area contributed by atoms with Gasteiger partial charge >= 0.3 is 6.03 Å². The summed E-state index contributed by atoms with van der Waals surface area (Å²) >= 11 is 1.73. The molecule has 0 aromatic heterocycles. The first-order chi connectivity index (χ1) is 10.7. The van der Waals surface area contributed by atoms with E-state index < -0.39 is 0 Å². The van der Waals surface area contributed by atoms with Crippen LogP contribution in [0.15, 0.2) is 29.2 Å². The summed E-state index contributed by atoms with van der Waals surface area (Å²) in [6.07, 6.45) is 4.71. The molecule has 4 nitrogen and oxygen atoms in total. The van der Waals surface area contributed by atoms with Crippen LogP contribution in [0.4, 0.5) is 10.5 Å². The molecule has 1 aromatic rings. The van der Waals surface area contributed by atoms with Crippen molar-refractivity contribution in [1.29, 1.82) is 0 Å². The van der Waals surface area contributed by atoms with Gasteiger partial charge in [-0.3, -0.25) is 0 Å². The Bertz CT molecular complexity index is 487. The number of benzene rings is 1. The van der Waals surface area contributed by atoms with Crippen LogP contribution >= 0.6 is 11.8 Å². The maximum absolute atomic E-state index is 12.2. The molecule has 1 aliphatic carbocycles. The number of ether oxygens (including phenoxy) is 1. The van der Waals surface area contributed by atoms with Crippen molar-refractivity contribution < 1.29 is 9.53 Å². The molecule has 0 bridgehead atoms. The number of nitrogens with one attached hydrogen (secondary N) is 2. The average Bonchev–Trinajstić information content (AvgIpc) is 2.97. The molecule has 2 amide bonds. The zero-order chi connectivity index (χ0) is 15.8. The van der Waals surface area contributed by atoms with Gasteiger partial charge in [-0.25, -0.2) is 4.79 Å².